The van der Waals surface area contributed by atoms with E-state index in [0.29, 0.717) is 5.92 Å². The molecule has 0 heterocycles. The summed E-state index contributed by atoms with van der Waals surface area (Å²) in [5.41, 5.74) is 11.2. The molecule has 2 heteroatoms. The minimum Gasteiger partial charge on any atom is -0.330 e. The molecule has 0 aliphatic heterocycles. The van der Waals surface area contributed by atoms with Gasteiger partial charge in [0.15, 0.2) is 0 Å². The highest BCUT2D eigenvalue weighted by molar-refractivity contribution is 5.38. The Hall–Kier alpha value is -0.860. The molecule has 0 saturated heterocycles. The van der Waals surface area contributed by atoms with Crippen molar-refractivity contribution >= 4 is 0 Å². The number of benzene rings is 1. The zero-order valence-electron chi connectivity index (χ0n) is 11.6. The third-order valence-electron chi connectivity index (χ3n) is 3.70. The summed E-state index contributed by atoms with van der Waals surface area (Å²) < 4.78 is 0. The molecule has 2 nitrogen and oxygen atoms in total. The van der Waals surface area contributed by atoms with Crippen molar-refractivity contribution in [2.24, 2.45) is 11.7 Å². The number of aryl methyl sites for hydroxylation is 1. The lowest BCUT2D eigenvalue weighted by molar-refractivity contribution is 0.509. The monoisotopic (exact) mass is 234 g/mol. The third-order valence-corrected chi connectivity index (χ3v) is 3.70. The van der Waals surface area contributed by atoms with Crippen molar-refractivity contribution in [3.8, 4) is 0 Å². The zero-order chi connectivity index (χ0) is 12.8. The van der Waals surface area contributed by atoms with Gasteiger partial charge in [-0.25, -0.2) is 0 Å². The molecule has 0 radical (unpaired) electrons. The summed E-state index contributed by atoms with van der Waals surface area (Å²) in [6.07, 6.45) is 1.15. The van der Waals surface area contributed by atoms with Gasteiger partial charge in [-0.2, -0.15) is 0 Å². The van der Waals surface area contributed by atoms with Crippen LogP contribution in [0.1, 0.15) is 35.6 Å². The van der Waals surface area contributed by atoms with Crippen molar-refractivity contribution in [1.82, 2.24) is 5.32 Å². The normalized spacial score (nSPS) is 12.8. The number of hydrogen-bond donors (Lipinski definition) is 2. The molecule has 0 spiro atoms. The van der Waals surface area contributed by atoms with Crippen LogP contribution in [0.5, 0.6) is 0 Å². The molecule has 1 atom stereocenters. The Bertz CT molecular complexity index is 358. The van der Waals surface area contributed by atoms with Gasteiger partial charge in [-0.05, 0) is 68.5 Å². The Morgan fingerprint density at radius 2 is 1.88 bits per heavy atom. The van der Waals surface area contributed by atoms with Crippen LogP contribution < -0.4 is 11.1 Å². The average molecular weight is 234 g/mol. The lowest BCUT2D eigenvalue weighted by Gasteiger charge is -2.13. The minimum absolute atomic E-state index is 0.614. The van der Waals surface area contributed by atoms with Crippen LogP contribution in [0.3, 0.4) is 0 Å². The molecule has 1 aromatic carbocycles. The fourth-order valence-corrected chi connectivity index (χ4v) is 1.89. The number of nitrogens with two attached hydrogens (primary N) is 1. The maximum Gasteiger partial charge on any atom is 0.0208 e. The first kappa shape index (κ1) is 14.2. The molecule has 17 heavy (non-hydrogen) atoms. The van der Waals surface area contributed by atoms with Crippen LogP contribution in [0, 0.1) is 26.7 Å². The fourth-order valence-electron chi connectivity index (χ4n) is 1.89. The predicted molar refractivity (Wildman–Crippen MR) is 75.2 cm³/mol. The maximum absolute atomic E-state index is 5.60. The van der Waals surface area contributed by atoms with E-state index < -0.39 is 0 Å². The molecule has 0 bridgehead atoms. The second kappa shape index (κ2) is 6.77. The predicted octanol–water partition coefficient (Wildman–Crippen LogP) is 2.69. The fraction of sp³-hybridized carbons (Fsp3) is 0.600. The van der Waals surface area contributed by atoms with E-state index in [9.17, 15) is 0 Å². The second-order valence-corrected chi connectivity index (χ2v) is 5.10. The first-order chi connectivity index (χ1) is 8.06. The number of hydrogen-bond acceptors (Lipinski definition) is 2. The van der Waals surface area contributed by atoms with Gasteiger partial charge < -0.3 is 11.1 Å². The van der Waals surface area contributed by atoms with Crippen molar-refractivity contribution in [2.45, 2.75) is 40.7 Å². The topological polar surface area (TPSA) is 38.0 Å². The van der Waals surface area contributed by atoms with Gasteiger partial charge in [0.1, 0.15) is 0 Å². The van der Waals surface area contributed by atoms with Gasteiger partial charge in [0, 0.05) is 6.54 Å². The van der Waals surface area contributed by atoms with Crippen LogP contribution in [0.4, 0.5) is 0 Å². The molecule has 0 saturated carbocycles. The van der Waals surface area contributed by atoms with Crippen molar-refractivity contribution < 1.29 is 0 Å². The first-order valence-electron chi connectivity index (χ1n) is 6.52. The van der Waals surface area contributed by atoms with Gasteiger partial charge in [0.05, 0.1) is 0 Å². The highest BCUT2D eigenvalue weighted by atomic mass is 14.8. The summed E-state index contributed by atoms with van der Waals surface area (Å²) in [5, 5.41) is 3.50. The molecule has 3 N–H and O–H groups in total. The summed E-state index contributed by atoms with van der Waals surface area (Å²) in [6.45, 7) is 11.6. The van der Waals surface area contributed by atoms with Crippen LogP contribution in [-0.4, -0.2) is 13.1 Å². The molecule has 0 amide bonds. The minimum atomic E-state index is 0.614. The maximum atomic E-state index is 5.60. The van der Waals surface area contributed by atoms with Gasteiger partial charge >= 0.3 is 0 Å². The molecular formula is C15H26N2. The first-order valence-corrected chi connectivity index (χ1v) is 6.52. The molecule has 96 valence electrons. The molecule has 0 aromatic heterocycles. The van der Waals surface area contributed by atoms with E-state index in [0.717, 1.165) is 26.1 Å². The molecule has 1 rings (SSSR count). The van der Waals surface area contributed by atoms with Crippen molar-refractivity contribution in [3.63, 3.8) is 0 Å². The quantitative estimate of drug-likeness (QED) is 0.743. The Morgan fingerprint density at radius 3 is 2.53 bits per heavy atom. The van der Waals surface area contributed by atoms with Crippen molar-refractivity contribution in [3.05, 3.63) is 34.4 Å². The van der Waals surface area contributed by atoms with Gasteiger partial charge in [-0.1, -0.05) is 19.1 Å². The Kier molecular flexibility index (Phi) is 5.66. The van der Waals surface area contributed by atoms with Gasteiger partial charge in [-0.15, -0.1) is 0 Å². The lowest BCUT2D eigenvalue weighted by Crippen LogP contribution is -2.20. The Balaban J connectivity index is 2.45. The van der Waals surface area contributed by atoms with Crippen molar-refractivity contribution in [1.29, 1.82) is 0 Å². The smallest absolute Gasteiger partial charge is 0.0208 e. The molecular weight excluding hydrogens is 208 g/mol. The lowest BCUT2D eigenvalue weighted by atomic mass is 9.99. The SMILES string of the molecule is Cc1ccc(CNCCC(C)CN)c(C)c1C. The van der Waals surface area contributed by atoms with Gasteiger partial charge in [-0.3, -0.25) is 0 Å². The largest absolute Gasteiger partial charge is 0.330 e. The zero-order valence-corrected chi connectivity index (χ0v) is 11.6. The van der Waals surface area contributed by atoms with E-state index in [2.05, 4.69) is 45.1 Å². The Labute approximate surface area is 106 Å². The average Bonchev–Trinajstić information content (AvgIpc) is 2.33. The van der Waals surface area contributed by atoms with Gasteiger partial charge in [0.2, 0.25) is 0 Å². The molecule has 1 aromatic rings. The van der Waals surface area contributed by atoms with Crippen LogP contribution in [0.25, 0.3) is 0 Å². The summed E-state index contributed by atoms with van der Waals surface area (Å²) in [5.74, 6) is 0.614. The molecule has 0 aliphatic carbocycles. The van der Waals surface area contributed by atoms with E-state index in [-0.39, 0.29) is 0 Å². The highest BCUT2D eigenvalue weighted by Crippen LogP contribution is 2.16. The summed E-state index contributed by atoms with van der Waals surface area (Å²) in [7, 11) is 0. The Morgan fingerprint density at radius 1 is 1.18 bits per heavy atom. The second-order valence-electron chi connectivity index (χ2n) is 5.10. The summed E-state index contributed by atoms with van der Waals surface area (Å²) in [4.78, 5) is 0. The number of nitrogens with one attached hydrogen (secondary N) is 1. The van der Waals surface area contributed by atoms with Crippen LogP contribution in [-0.2, 0) is 6.54 Å². The van der Waals surface area contributed by atoms with Crippen LogP contribution in [0.2, 0.25) is 0 Å². The molecule has 1 unspecified atom stereocenters. The van der Waals surface area contributed by atoms with E-state index in [1.165, 1.54) is 22.3 Å². The standard InChI is InChI=1S/C15H26N2/c1-11(9-16)7-8-17-10-15-6-5-12(2)13(3)14(15)4/h5-6,11,17H,7-10,16H2,1-4H3. The van der Waals surface area contributed by atoms with Crippen LogP contribution in [0.15, 0.2) is 12.1 Å². The van der Waals surface area contributed by atoms with E-state index in [1.807, 2.05) is 0 Å². The van der Waals surface area contributed by atoms with E-state index in [4.69, 9.17) is 5.73 Å². The number of rotatable bonds is 6. The van der Waals surface area contributed by atoms with E-state index >= 15 is 0 Å². The molecule has 0 fully saturated rings. The summed E-state index contributed by atoms with van der Waals surface area (Å²) >= 11 is 0. The van der Waals surface area contributed by atoms with Crippen molar-refractivity contribution in [2.75, 3.05) is 13.1 Å². The highest BCUT2D eigenvalue weighted by Gasteiger charge is 2.03. The van der Waals surface area contributed by atoms with Crippen LogP contribution >= 0.6 is 0 Å². The van der Waals surface area contributed by atoms with Gasteiger partial charge in [0.25, 0.3) is 0 Å². The molecule has 0 aliphatic rings. The van der Waals surface area contributed by atoms with E-state index in [1.54, 1.807) is 0 Å². The third kappa shape index (κ3) is 4.14. The summed E-state index contributed by atoms with van der Waals surface area (Å²) in [6, 6.07) is 4.44.